The summed E-state index contributed by atoms with van der Waals surface area (Å²) in [6, 6.07) is 6.05. The number of amidine groups is 1. The maximum atomic E-state index is 12.8. The van der Waals surface area contributed by atoms with Crippen molar-refractivity contribution in [3.05, 3.63) is 29.8 Å². The zero-order valence-electron chi connectivity index (χ0n) is 16.2. The molecule has 1 fully saturated rings. The highest BCUT2D eigenvalue weighted by Crippen LogP contribution is 2.21. The van der Waals surface area contributed by atoms with Gasteiger partial charge in [-0.15, -0.1) is 0 Å². The van der Waals surface area contributed by atoms with Crippen molar-refractivity contribution >= 4 is 17.8 Å². The summed E-state index contributed by atoms with van der Waals surface area (Å²) in [7, 11) is 1.55. The molecular weight excluding hydrogens is 350 g/mol. The summed E-state index contributed by atoms with van der Waals surface area (Å²) < 4.78 is 10.5. The van der Waals surface area contributed by atoms with Gasteiger partial charge >= 0.3 is 6.09 Å². The second-order valence-corrected chi connectivity index (χ2v) is 7.35. The summed E-state index contributed by atoms with van der Waals surface area (Å²) in [5.41, 5.74) is -0.123. The predicted octanol–water partition coefficient (Wildman–Crippen LogP) is 2.74. The van der Waals surface area contributed by atoms with Gasteiger partial charge in [0.25, 0.3) is 0 Å². The van der Waals surface area contributed by atoms with E-state index in [2.05, 4.69) is 10.5 Å². The fraction of sp³-hybridized carbons (Fsp3) is 0.526. The normalized spacial score (nSPS) is 18.0. The second kappa shape index (κ2) is 8.75. The standard InChI is InChI=1S/C19H27N3O5/c1-19(2,3)27-18(24)22-12-6-5-7-15(22)17(23)20-16(21-25)13-8-10-14(26-4)11-9-13/h8-11,15,25H,5-7,12H2,1-4H3,(H,20,21,23)/t15-/m1/s1. The molecule has 1 aliphatic heterocycles. The van der Waals surface area contributed by atoms with Crippen LogP contribution in [0.25, 0.3) is 0 Å². The molecule has 0 aliphatic carbocycles. The van der Waals surface area contributed by atoms with Crippen LogP contribution in [0.15, 0.2) is 29.4 Å². The lowest BCUT2D eigenvalue weighted by atomic mass is 10.0. The van der Waals surface area contributed by atoms with Crippen LogP contribution >= 0.6 is 0 Å². The molecule has 1 aromatic carbocycles. The van der Waals surface area contributed by atoms with Gasteiger partial charge in [0, 0.05) is 12.1 Å². The smallest absolute Gasteiger partial charge is 0.410 e. The number of oxime groups is 1. The third-order valence-electron chi connectivity index (χ3n) is 4.14. The number of likely N-dealkylation sites (tertiary alicyclic amines) is 1. The molecule has 0 saturated carbocycles. The molecule has 0 aromatic heterocycles. The van der Waals surface area contributed by atoms with E-state index in [9.17, 15) is 14.8 Å². The van der Waals surface area contributed by atoms with Crippen LogP contribution in [-0.4, -0.2) is 53.2 Å². The molecule has 2 N–H and O–H groups in total. The number of rotatable bonds is 3. The fourth-order valence-electron chi connectivity index (χ4n) is 2.85. The van der Waals surface area contributed by atoms with Gasteiger partial charge in [-0.25, -0.2) is 4.79 Å². The van der Waals surface area contributed by atoms with Gasteiger partial charge in [0.1, 0.15) is 17.4 Å². The van der Waals surface area contributed by atoms with Gasteiger partial charge in [0.15, 0.2) is 5.84 Å². The number of nitrogens with zero attached hydrogens (tertiary/aromatic N) is 2. The topological polar surface area (TPSA) is 100 Å². The molecule has 148 valence electrons. The van der Waals surface area contributed by atoms with Crippen molar-refractivity contribution in [2.75, 3.05) is 13.7 Å². The Morgan fingerprint density at radius 2 is 1.89 bits per heavy atom. The van der Waals surface area contributed by atoms with Crippen molar-refractivity contribution in [3.63, 3.8) is 0 Å². The largest absolute Gasteiger partial charge is 0.497 e. The van der Waals surface area contributed by atoms with Crippen LogP contribution in [0.5, 0.6) is 5.75 Å². The predicted molar refractivity (Wildman–Crippen MR) is 100 cm³/mol. The molecule has 2 rings (SSSR count). The first-order valence-corrected chi connectivity index (χ1v) is 8.92. The minimum atomic E-state index is -0.677. The molecule has 8 heteroatoms. The van der Waals surface area contributed by atoms with Crippen molar-refractivity contribution in [1.29, 1.82) is 0 Å². The molecule has 1 aromatic rings. The third-order valence-corrected chi connectivity index (χ3v) is 4.14. The zero-order chi connectivity index (χ0) is 20.0. The van der Waals surface area contributed by atoms with Crippen LogP contribution in [0.1, 0.15) is 45.6 Å². The van der Waals surface area contributed by atoms with E-state index in [1.54, 1.807) is 52.1 Å². The fourth-order valence-corrected chi connectivity index (χ4v) is 2.85. The first-order chi connectivity index (χ1) is 12.7. The van der Waals surface area contributed by atoms with Crippen molar-refractivity contribution in [1.82, 2.24) is 10.2 Å². The molecular formula is C19H27N3O5. The summed E-state index contributed by atoms with van der Waals surface area (Å²) in [4.78, 5) is 26.7. The lowest BCUT2D eigenvalue weighted by Crippen LogP contribution is -2.54. The number of nitrogens with one attached hydrogen (secondary N) is 1. The Balaban J connectivity index is 2.11. The number of benzene rings is 1. The highest BCUT2D eigenvalue weighted by molar-refractivity contribution is 6.09. The Morgan fingerprint density at radius 3 is 2.44 bits per heavy atom. The van der Waals surface area contributed by atoms with Crippen LogP contribution < -0.4 is 10.1 Å². The van der Waals surface area contributed by atoms with Crippen LogP contribution in [-0.2, 0) is 9.53 Å². The average molecular weight is 377 g/mol. The van der Waals surface area contributed by atoms with Crippen molar-refractivity contribution < 1.29 is 24.3 Å². The van der Waals surface area contributed by atoms with Crippen LogP contribution in [0.2, 0.25) is 0 Å². The molecule has 1 aliphatic rings. The molecule has 0 spiro atoms. The molecule has 0 bridgehead atoms. The molecule has 0 unspecified atom stereocenters. The van der Waals surface area contributed by atoms with E-state index in [1.165, 1.54) is 4.90 Å². The van der Waals surface area contributed by atoms with E-state index in [-0.39, 0.29) is 5.84 Å². The maximum absolute atomic E-state index is 12.8. The highest BCUT2D eigenvalue weighted by atomic mass is 16.6. The van der Waals surface area contributed by atoms with E-state index < -0.39 is 23.6 Å². The summed E-state index contributed by atoms with van der Waals surface area (Å²) in [5.74, 6) is 0.243. The van der Waals surface area contributed by atoms with Gasteiger partial charge in [-0.1, -0.05) is 5.16 Å². The van der Waals surface area contributed by atoms with Gasteiger partial charge < -0.3 is 20.0 Å². The van der Waals surface area contributed by atoms with Crippen LogP contribution in [0, 0.1) is 0 Å². The minimum absolute atomic E-state index is 0.0114. The van der Waals surface area contributed by atoms with Crippen molar-refractivity contribution in [2.24, 2.45) is 5.16 Å². The number of hydrogen-bond acceptors (Lipinski definition) is 6. The summed E-state index contributed by atoms with van der Waals surface area (Å²) >= 11 is 0. The summed E-state index contributed by atoms with van der Waals surface area (Å²) in [6.07, 6.45) is 1.63. The van der Waals surface area contributed by atoms with E-state index in [0.717, 1.165) is 12.8 Å². The Labute approximate surface area is 159 Å². The summed E-state index contributed by atoms with van der Waals surface area (Å²) in [6.45, 7) is 5.79. The SMILES string of the molecule is COc1ccc(/C(=N\O)NC(=O)[C@H]2CCCCN2C(=O)OC(C)(C)C)cc1. The van der Waals surface area contributed by atoms with Crippen molar-refractivity contribution in [2.45, 2.75) is 51.7 Å². The van der Waals surface area contributed by atoms with Crippen LogP contribution in [0.4, 0.5) is 4.79 Å². The van der Waals surface area contributed by atoms with Gasteiger partial charge in [-0.05, 0) is 64.3 Å². The van der Waals surface area contributed by atoms with E-state index in [1.807, 2.05) is 0 Å². The number of hydrogen-bond donors (Lipinski definition) is 2. The van der Waals surface area contributed by atoms with Crippen molar-refractivity contribution in [3.8, 4) is 5.75 Å². The van der Waals surface area contributed by atoms with Gasteiger partial charge in [-0.2, -0.15) is 0 Å². The molecule has 0 radical (unpaired) electrons. The molecule has 1 heterocycles. The van der Waals surface area contributed by atoms with Gasteiger partial charge in [-0.3, -0.25) is 9.69 Å². The minimum Gasteiger partial charge on any atom is -0.497 e. The molecule has 27 heavy (non-hydrogen) atoms. The molecule has 1 atom stereocenters. The van der Waals surface area contributed by atoms with Crippen LogP contribution in [0.3, 0.4) is 0 Å². The Hall–Kier alpha value is -2.77. The number of carbonyl (C=O) groups is 2. The Bertz CT molecular complexity index is 694. The van der Waals surface area contributed by atoms with Gasteiger partial charge in [0.05, 0.1) is 7.11 Å². The first-order valence-electron chi connectivity index (χ1n) is 8.92. The van der Waals surface area contributed by atoms with E-state index >= 15 is 0 Å². The highest BCUT2D eigenvalue weighted by Gasteiger charge is 2.35. The quantitative estimate of drug-likeness (QED) is 0.365. The molecule has 1 saturated heterocycles. The zero-order valence-corrected chi connectivity index (χ0v) is 16.2. The second-order valence-electron chi connectivity index (χ2n) is 7.35. The number of piperidine rings is 1. The number of carbonyl (C=O) groups excluding carboxylic acids is 2. The van der Waals surface area contributed by atoms with Gasteiger partial charge in [0.2, 0.25) is 5.91 Å². The summed E-state index contributed by atoms with van der Waals surface area (Å²) in [5, 5.41) is 15.1. The number of amides is 2. The number of methoxy groups -OCH3 is 1. The number of ether oxygens (including phenoxy) is 2. The lowest BCUT2D eigenvalue weighted by molar-refractivity contribution is -0.126. The first kappa shape index (κ1) is 20.5. The lowest BCUT2D eigenvalue weighted by Gasteiger charge is -2.35. The monoisotopic (exact) mass is 377 g/mol. The molecule has 8 nitrogen and oxygen atoms in total. The maximum Gasteiger partial charge on any atom is 0.410 e. The van der Waals surface area contributed by atoms with E-state index in [0.29, 0.717) is 24.3 Å². The molecule has 2 amide bonds. The Morgan fingerprint density at radius 1 is 1.22 bits per heavy atom. The average Bonchev–Trinajstić information content (AvgIpc) is 2.64. The van der Waals surface area contributed by atoms with E-state index in [4.69, 9.17) is 9.47 Å². The third kappa shape index (κ3) is 5.60. The Kier molecular flexibility index (Phi) is 6.65.